The van der Waals surface area contributed by atoms with Gasteiger partial charge in [-0.3, -0.25) is 4.79 Å². The zero-order valence-corrected chi connectivity index (χ0v) is 14.7. The van der Waals surface area contributed by atoms with Crippen LogP contribution in [-0.4, -0.2) is 30.9 Å². The van der Waals surface area contributed by atoms with E-state index in [4.69, 9.17) is 21.1 Å². The Morgan fingerprint density at radius 2 is 1.67 bits per heavy atom. The molecule has 1 heterocycles. The van der Waals surface area contributed by atoms with Crippen LogP contribution < -0.4 is 0 Å². The molecular formula is C17H15ClO5S. The summed E-state index contributed by atoms with van der Waals surface area (Å²) < 4.78 is 9.70. The van der Waals surface area contributed by atoms with Gasteiger partial charge in [0, 0.05) is 9.90 Å². The highest BCUT2D eigenvalue weighted by atomic mass is 35.5. The number of carbonyl (C=O) groups excluding carboxylic acids is 3. The minimum absolute atomic E-state index is 0.0110. The van der Waals surface area contributed by atoms with E-state index in [0.717, 1.165) is 16.9 Å². The van der Waals surface area contributed by atoms with Gasteiger partial charge < -0.3 is 9.47 Å². The Morgan fingerprint density at radius 3 is 2.25 bits per heavy atom. The van der Waals surface area contributed by atoms with Gasteiger partial charge in [-0.25, -0.2) is 9.59 Å². The maximum atomic E-state index is 12.3. The molecule has 0 unspecified atom stereocenters. The molecule has 0 amide bonds. The van der Waals surface area contributed by atoms with Crippen LogP contribution >= 0.6 is 22.9 Å². The first-order valence-corrected chi connectivity index (χ1v) is 8.45. The lowest BCUT2D eigenvalue weighted by Crippen LogP contribution is -2.19. The fourth-order valence-electron chi connectivity index (χ4n) is 1.97. The lowest BCUT2D eigenvalue weighted by Gasteiger charge is -2.02. The van der Waals surface area contributed by atoms with E-state index in [1.165, 1.54) is 0 Å². The largest absolute Gasteiger partial charge is 0.462 e. The van der Waals surface area contributed by atoms with Crippen LogP contribution in [-0.2, 0) is 14.3 Å². The molecule has 0 aliphatic heterocycles. The Morgan fingerprint density at radius 1 is 1.04 bits per heavy atom. The number of hydrogen-bond donors (Lipinski definition) is 0. The molecule has 0 aliphatic carbocycles. The number of hydrogen-bond acceptors (Lipinski definition) is 6. The van der Waals surface area contributed by atoms with E-state index in [-0.39, 0.29) is 23.7 Å². The van der Waals surface area contributed by atoms with Crippen molar-refractivity contribution >= 4 is 40.7 Å². The van der Waals surface area contributed by atoms with Crippen molar-refractivity contribution in [3.63, 3.8) is 0 Å². The Bertz CT molecular complexity index is 764. The average molecular weight is 367 g/mol. The molecule has 2 aromatic rings. The van der Waals surface area contributed by atoms with Gasteiger partial charge in [-0.15, -0.1) is 11.3 Å². The summed E-state index contributed by atoms with van der Waals surface area (Å²) in [6.45, 7) is 3.51. The van der Waals surface area contributed by atoms with E-state index in [9.17, 15) is 14.4 Å². The van der Waals surface area contributed by atoms with Crippen LogP contribution in [0.25, 0.3) is 10.4 Å². The third kappa shape index (κ3) is 4.01. The van der Waals surface area contributed by atoms with Crippen molar-refractivity contribution in [2.24, 2.45) is 0 Å². The lowest BCUT2D eigenvalue weighted by molar-refractivity contribution is -0.137. The van der Waals surface area contributed by atoms with Crippen molar-refractivity contribution in [2.45, 2.75) is 13.8 Å². The van der Waals surface area contributed by atoms with Crippen molar-refractivity contribution in [2.75, 3.05) is 13.2 Å². The van der Waals surface area contributed by atoms with Gasteiger partial charge >= 0.3 is 11.9 Å². The Hall–Kier alpha value is -2.18. The highest BCUT2D eigenvalue weighted by molar-refractivity contribution is 7.18. The van der Waals surface area contributed by atoms with E-state index in [1.807, 2.05) is 0 Å². The van der Waals surface area contributed by atoms with Crippen molar-refractivity contribution in [3.05, 3.63) is 45.8 Å². The number of ketones is 1. The van der Waals surface area contributed by atoms with Crippen LogP contribution in [0.5, 0.6) is 0 Å². The summed E-state index contributed by atoms with van der Waals surface area (Å²) in [5.74, 6) is -2.50. The fraction of sp³-hybridized carbons (Fsp3) is 0.235. The van der Waals surface area contributed by atoms with Crippen LogP contribution in [0.3, 0.4) is 0 Å². The second kappa shape index (κ2) is 8.08. The summed E-state index contributed by atoms with van der Waals surface area (Å²) in [5, 5.41) is 0.573. The van der Waals surface area contributed by atoms with Gasteiger partial charge in [0.15, 0.2) is 0 Å². The van der Waals surface area contributed by atoms with Crippen LogP contribution in [0.2, 0.25) is 5.02 Å². The smallest absolute Gasteiger partial charge is 0.380 e. The molecule has 0 saturated carbocycles. The Kier molecular flexibility index (Phi) is 6.11. The number of carbonyl (C=O) groups is 3. The molecule has 5 nitrogen and oxygen atoms in total. The van der Waals surface area contributed by atoms with E-state index in [2.05, 4.69) is 0 Å². The molecule has 2 rings (SSSR count). The Labute approximate surface area is 148 Å². The maximum Gasteiger partial charge on any atom is 0.380 e. The topological polar surface area (TPSA) is 69.7 Å². The van der Waals surface area contributed by atoms with Gasteiger partial charge in [0.05, 0.1) is 23.7 Å². The van der Waals surface area contributed by atoms with Crippen LogP contribution in [0.1, 0.15) is 33.9 Å². The first-order chi connectivity index (χ1) is 11.5. The summed E-state index contributed by atoms with van der Waals surface area (Å²) in [6.07, 6.45) is 0. The highest BCUT2D eigenvalue weighted by Gasteiger charge is 2.28. The van der Waals surface area contributed by atoms with E-state index in [1.54, 1.807) is 44.2 Å². The average Bonchev–Trinajstić information content (AvgIpc) is 3.00. The van der Waals surface area contributed by atoms with Gasteiger partial charge in [-0.2, -0.15) is 0 Å². The molecule has 0 spiro atoms. The van der Waals surface area contributed by atoms with Crippen LogP contribution in [0.4, 0.5) is 0 Å². The normalized spacial score (nSPS) is 10.3. The standard InChI is InChI=1S/C17H15ClO5S/c1-3-22-16(20)12-9-13(10-5-7-11(18)8-6-10)24-15(12)14(19)17(21)23-4-2/h5-9H,3-4H2,1-2H3. The number of ether oxygens (including phenoxy) is 2. The number of halogens is 1. The number of rotatable bonds is 6. The first-order valence-electron chi connectivity index (χ1n) is 7.26. The monoisotopic (exact) mass is 366 g/mol. The second-order valence-electron chi connectivity index (χ2n) is 4.63. The van der Waals surface area contributed by atoms with Crippen molar-refractivity contribution in [1.82, 2.24) is 0 Å². The molecule has 1 aromatic carbocycles. The van der Waals surface area contributed by atoms with Crippen LogP contribution in [0, 0.1) is 0 Å². The predicted octanol–water partition coefficient (Wildman–Crippen LogP) is 3.99. The van der Waals surface area contributed by atoms with Gasteiger partial charge in [-0.05, 0) is 37.6 Å². The number of esters is 2. The van der Waals surface area contributed by atoms with E-state index < -0.39 is 17.7 Å². The molecule has 24 heavy (non-hydrogen) atoms. The molecule has 126 valence electrons. The van der Waals surface area contributed by atoms with Gasteiger partial charge in [0.2, 0.25) is 0 Å². The van der Waals surface area contributed by atoms with Crippen molar-refractivity contribution < 1.29 is 23.9 Å². The fourth-order valence-corrected chi connectivity index (χ4v) is 3.17. The van der Waals surface area contributed by atoms with E-state index in [0.29, 0.717) is 9.90 Å². The summed E-state index contributed by atoms with van der Waals surface area (Å²) >= 11 is 6.91. The zero-order valence-electron chi connectivity index (χ0n) is 13.1. The lowest BCUT2D eigenvalue weighted by atomic mass is 10.1. The summed E-state index contributed by atoms with van der Waals surface area (Å²) in [4.78, 5) is 36.8. The molecule has 0 fully saturated rings. The molecule has 0 bridgehead atoms. The SMILES string of the molecule is CCOC(=O)C(=O)c1sc(-c2ccc(Cl)cc2)cc1C(=O)OCC. The minimum atomic E-state index is -0.993. The summed E-state index contributed by atoms with van der Waals surface area (Å²) in [7, 11) is 0. The first kappa shape index (κ1) is 18.2. The molecule has 0 saturated heterocycles. The third-order valence-electron chi connectivity index (χ3n) is 3.02. The second-order valence-corrected chi connectivity index (χ2v) is 6.12. The summed E-state index contributed by atoms with van der Waals surface area (Å²) in [6, 6.07) is 8.47. The summed E-state index contributed by atoms with van der Waals surface area (Å²) in [5.41, 5.74) is 0.836. The van der Waals surface area contributed by atoms with Crippen molar-refractivity contribution in [1.29, 1.82) is 0 Å². The number of benzene rings is 1. The number of thiophene rings is 1. The zero-order chi connectivity index (χ0) is 17.7. The van der Waals surface area contributed by atoms with Crippen molar-refractivity contribution in [3.8, 4) is 10.4 Å². The number of Topliss-reactive ketones (excluding diaryl/α,β-unsaturated/α-hetero) is 1. The molecule has 0 aliphatic rings. The molecule has 0 atom stereocenters. The molecule has 1 aromatic heterocycles. The highest BCUT2D eigenvalue weighted by Crippen LogP contribution is 2.33. The molecule has 0 radical (unpaired) electrons. The Balaban J connectivity index is 2.47. The maximum absolute atomic E-state index is 12.3. The molecule has 7 heteroatoms. The quantitative estimate of drug-likeness (QED) is 0.439. The third-order valence-corrected chi connectivity index (χ3v) is 4.46. The van der Waals surface area contributed by atoms with Gasteiger partial charge in [0.1, 0.15) is 0 Å². The predicted molar refractivity (Wildman–Crippen MR) is 91.7 cm³/mol. The van der Waals surface area contributed by atoms with Gasteiger partial charge in [-0.1, -0.05) is 23.7 Å². The molecular weight excluding hydrogens is 352 g/mol. The van der Waals surface area contributed by atoms with Gasteiger partial charge in [0.25, 0.3) is 5.78 Å². The molecule has 0 N–H and O–H groups in total. The minimum Gasteiger partial charge on any atom is -0.462 e. The van der Waals surface area contributed by atoms with Crippen LogP contribution in [0.15, 0.2) is 30.3 Å². The van der Waals surface area contributed by atoms with E-state index >= 15 is 0 Å².